The highest BCUT2D eigenvalue weighted by Crippen LogP contribution is 2.06. The van der Waals surface area contributed by atoms with E-state index in [1.807, 2.05) is 13.8 Å². The Hall–Kier alpha value is -1.30. The minimum Gasteiger partial charge on any atom is -0.467 e. The quantitative estimate of drug-likeness (QED) is 0.510. The summed E-state index contributed by atoms with van der Waals surface area (Å²) in [6, 6.07) is -0.693. The molecule has 0 aromatic carbocycles. The Kier molecular flexibility index (Phi) is 8.13. The molecule has 0 radical (unpaired) electrons. The van der Waals surface area contributed by atoms with Crippen LogP contribution in [0.5, 0.6) is 0 Å². The van der Waals surface area contributed by atoms with Gasteiger partial charge in [0.15, 0.2) is 0 Å². The van der Waals surface area contributed by atoms with Gasteiger partial charge in [0, 0.05) is 13.0 Å². The summed E-state index contributed by atoms with van der Waals surface area (Å²) >= 11 is 0. The second-order valence-electron chi connectivity index (χ2n) is 4.06. The number of amides is 1. The molecule has 1 amide bonds. The first kappa shape index (κ1) is 15.7. The molecule has 0 aromatic heterocycles. The van der Waals surface area contributed by atoms with Gasteiger partial charge in [-0.05, 0) is 12.3 Å². The molecular formula is C11H21NO5. The monoisotopic (exact) mass is 247 g/mol. The van der Waals surface area contributed by atoms with Gasteiger partial charge in [0.05, 0.1) is 13.7 Å². The molecule has 0 bridgehead atoms. The molecule has 100 valence electrons. The molecule has 0 aliphatic heterocycles. The number of methoxy groups -OCH3 is 1. The third-order valence-corrected chi connectivity index (χ3v) is 2.02. The van der Waals surface area contributed by atoms with Crippen LogP contribution in [0.2, 0.25) is 0 Å². The normalized spacial score (nSPS) is 12.1. The number of aliphatic hydroxyl groups is 1. The van der Waals surface area contributed by atoms with Crippen molar-refractivity contribution < 1.29 is 24.2 Å². The van der Waals surface area contributed by atoms with Crippen LogP contribution in [-0.2, 0) is 14.3 Å². The summed E-state index contributed by atoms with van der Waals surface area (Å²) in [5.74, 6) is -0.241. The van der Waals surface area contributed by atoms with Crippen molar-refractivity contribution in [2.45, 2.75) is 32.7 Å². The van der Waals surface area contributed by atoms with Gasteiger partial charge >= 0.3 is 12.1 Å². The first-order valence-corrected chi connectivity index (χ1v) is 5.63. The van der Waals surface area contributed by atoms with E-state index >= 15 is 0 Å². The van der Waals surface area contributed by atoms with E-state index in [2.05, 4.69) is 10.1 Å². The molecule has 0 aliphatic rings. The van der Waals surface area contributed by atoms with E-state index in [1.165, 1.54) is 7.11 Å². The molecule has 2 N–H and O–H groups in total. The third kappa shape index (κ3) is 7.57. The van der Waals surface area contributed by atoms with Crippen molar-refractivity contribution in [1.29, 1.82) is 0 Å². The highest BCUT2D eigenvalue weighted by Gasteiger charge is 2.22. The van der Waals surface area contributed by atoms with Gasteiger partial charge in [-0.25, -0.2) is 9.59 Å². The topological polar surface area (TPSA) is 84.9 Å². The zero-order valence-electron chi connectivity index (χ0n) is 10.6. The SMILES string of the molecule is COC(=O)C(CC(C)C)NC(=O)OCCCO. The Bertz CT molecular complexity index is 242. The van der Waals surface area contributed by atoms with E-state index in [0.29, 0.717) is 12.8 Å². The Morgan fingerprint density at radius 1 is 1.35 bits per heavy atom. The van der Waals surface area contributed by atoms with Gasteiger partial charge in [-0.2, -0.15) is 0 Å². The average molecular weight is 247 g/mol. The van der Waals surface area contributed by atoms with Crippen LogP contribution in [0.1, 0.15) is 26.7 Å². The van der Waals surface area contributed by atoms with E-state index in [0.717, 1.165) is 0 Å². The van der Waals surface area contributed by atoms with E-state index in [9.17, 15) is 9.59 Å². The molecule has 1 unspecified atom stereocenters. The minimum atomic E-state index is -0.693. The Balaban J connectivity index is 4.13. The van der Waals surface area contributed by atoms with Crippen molar-refractivity contribution in [1.82, 2.24) is 5.32 Å². The highest BCUT2D eigenvalue weighted by molar-refractivity contribution is 5.81. The minimum absolute atomic E-state index is 0.0420. The Labute approximate surface area is 101 Å². The predicted molar refractivity (Wildman–Crippen MR) is 61.4 cm³/mol. The molecule has 0 fully saturated rings. The molecule has 0 rings (SSSR count). The highest BCUT2D eigenvalue weighted by atomic mass is 16.6. The zero-order valence-corrected chi connectivity index (χ0v) is 10.6. The molecule has 0 saturated heterocycles. The zero-order chi connectivity index (χ0) is 13.3. The number of carbonyl (C=O) groups excluding carboxylic acids is 2. The summed E-state index contributed by atoms with van der Waals surface area (Å²) in [6.07, 6.45) is 0.192. The fourth-order valence-corrected chi connectivity index (χ4v) is 1.24. The summed E-state index contributed by atoms with van der Waals surface area (Å²) in [7, 11) is 1.27. The molecule has 0 aliphatic carbocycles. The van der Waals surface area contributed by atoms with Crippen molar-refractivity contribution in [3.8, 4) is 0 Å². The van der Waals surface area contributed by atoms with Gasteiger partial charge in [0.25, 0.3) is 0 Å². The summed E-state index contributed by atoms with van der Waals surface area (Å²) in [4.78, 5) is 22.7. The lowest BCUT2D eigenvalue weighted by atomic mass is 10.0. The lowest BCUT2D eigenvalue weighted by Gasteiger charge is -2.17. The fraction of sp³-hybridized carbons (Fsp3) is 0.818. The number of alkyl carbamates (subject to hydrolysis) is 1. The number of hydrogen-bond donors (Lipinski definition) is 2. The van der Waals surface area contributed by atoms with Crippen LogP contribution in [0.4, 0.5) is 4.79 Å². The summed E-state index contributed by atoms with van der Waals surface area (Å²) in [5, 5.41) is 11.0. The van der Waals surface area contributed by atoms with Crippen molar-refractivity contribution in [2.24, 2.45) is 5.92 Å². The summed E-state index contributed by atoms with van der Waals surface area (Å²) in [6.45, 7) is 3.96. The number of ether oxygens (including phenoxy) is 2. The smallest absolute Gasteiger partial charge is 0.407 e. The maximum Gasteiger partial charge on any atom is 0.407 e. The number of esters is 1. The number of rotatable bonds is 7. The molecule has 0 heterocycles. The van der Waals surface area contributed by atoms with Gasteiger partial charge in [-0.1, -0.05) is 13.8 Å². The maximum atomic E-state index is 11.4. The maximum absolute atomic E-state index is 11.4. The summed E-state index contributed by atoms with van der Waals surface area (Å²) < 4.78 is 9.36. The standard InChI is InChI=1S/C11H21NO5/c1-8(2)7-9(10(14)16-3)12-11(15)17-6-4-5-13/h8-9,13H,4-7H2,1-3H3,(H,12,15). The molecular weight excluding hydrogens is 226 g/mol. The van der Waals surface area contributed by atoms with Crippen LogP contribution >= 0.6 is 0 Å². The molecule has 6 nitrogen and oxygen atoms in total. The van der Waals surface area contributed by atoms with Gasteiger partial charge in [-0.3, -0.25) is 0 Å². The van der Waals surface area contributed by atoms with Crippen LogP contribution in [0.25, 0.3) is 0 Å². The Morgan fingerprint density at radius 3 is 2.47 bits per heavy atom. The van der Waals surface area contributed by atoms with Crippen LogP contribution < -0.4 is 5.32 Å². The molecule has 0 spiro atoms. The van der Waals surface area contributed by atoms with Crippen LogP contribution in [0.3, 0.4) is 0 Å². The molecule has 6 heteroatoms. The second kappa shape index (κ2) is 8.81. The van der Waals surface area contributed by atoms with E-state index < -0.39 is 18.1 Å². The van der Waals surface area contributed by atoms with Crippen molar-refractivity contribution in [3.63, 3.8) is 0 Å². The number of aliphatic hydroxyl groups excluding tert-OH is 1. The first-order chi connectivity index (χ1) is 8.01. The number of carbonyl (C=O) groups is 2. The van der Waals surface area contributed by atoms with Crippen molar-refractivity contribution >= 4 is 12.1 Å². The largest absolute Gasteiger partial charge is 0.467 e. The van der Waals surface area contributed by atoms with Gasteiger partial charge < -0.3 is 19.9 Å². The molecule has 17 heavy (non-hydrogen) atoms. The van der Waals surface area contributed by atoms with Gasteiger partial charge in [0.2, 0.25) is 0 Å². The van der Waals surface area contributed by atoms with Crippen LogP contribution in [0, 0.1) is 5.92 Å². The fourth-order valence-electron chi connectivity index (χ4n) is 1.24. The number of nitrogens with one attached hydrogen (secondary N) is 1. The van der Waals surface area contributed by atoms with E-state index in [-0.39, 0.29) is 19.1 Å². The molecule has 0 saturated carbocycles. The third-order valence-electron chi connectivity index (χ3n) is 2.02. The van der Waals surface area contributed by atoms with Crippen molar-refractivity contribution in [2.75, 3.05) is 20.3 Å². The van der Waals surface area contributed by atoms with E-state index in [4.69, 9.17) is 9.84 Å². The van der Waals surface area contributed by atoms with Crippen LogP contribution in [-0.4, -0.2) is 43.5 Å². The van der Waals surface area contributed by atoms with Crippen LogP contribution in [0.15, 0.2) is 0 Å². The summed E-state index contributed by atoms with van der Waals surface area (Å²) in [5.41, 5.74) is 0. The lowest BCUT2D eigenvalue weighted by Crippen LogP contribution is -2.42. The number of hydrogen-bond acceptors (Lipinski definition) is 5. The average Bonchev–Trinajstić information content (AvgIpc) is 2.27. The molecule has 0 aromatic rings. The predicted octanol–water partition coefficient (Wildman–Crippen LogP) is 0.683. The first-order valence-electron chi connectivity index (χ1n) is 5.63. The van der Waals surface area contributed by atoms with Gasteiger partial charge in [-0.15, -0.1) is 0 Å². The van der Waals surface area contributed by atoms with E-state index in [1.54, 1.807) is 0 Å². The second-order valence-corrected chi connectivity index (χ2v) is 4.06. The Morgan fingerprint density at radius 2 is 2.00 bits per heavy atom. The molecule has 1 atom stereocenters. The lowest BCUT2D eigenvalue weighted by molar-refractivity contribution is -0.143. The van der Waals surface area contributed by atoms with Crippen molar-refractivity contribution in [3.05, 3.63) is 0 Å². The van der Waals surface area contributed by atoms with Gasteiger partial charge in [0.1, 0.15) is 6.04 Å².